The van der Waals surface area contributed by atoms with E-state index in [1.165, 1.54) is 16.9 Å². The van der Waals surface area contributed by atoms with Crippen LogP contribution in [0, 0.1) is 0 Å². The van der Waals surface area contributed by atoms with Crippen LogP contribution in [-0.4, -0.2) is 15.8 Å². The molecule has 0 spiro atoms. The van der Waals surface area contributed by atoms with Gasteiger partial charge in [-0.3, -0.25) is 9.36 Å². The number of carbonyl (C=O) groups excluding carboxylic acids is 1. The van der Waals surface area contributed by atoms with E-state index in [0.29, 0.717) is 10.7 Å². The molecule has 27 heavy (non-hydrogen) atoms. The molecule has 0 bridgehead atoms. The molecule has 0 saturated heterocycles. The highest BCUT2D eigenvalue weighted by molar-refractivity contribution is 7.98. The van der Waals surface area contributed by atoms with Crippen LogP contribution in [0.3, 0.4) is 0 Å². The average Bonchev–Trinajstić information content (AvgIpc) is 3.36. The zero-order chi connectivity index (χ0) is 18.6. The molecule has 0 amide bonds. The number of hydrogen-bond acceptors (Lipinski definition) is 4. The lowest BCUT2D eigenvalue weighted by molar-refractivity contribution is 0.111. The van der Waals surface area contributed by atoms with Crippen LogP contribution in [0.25, 0.3) is 16.4 Å². The molecule has 2 aromatic heterocycles. The quantitative estimate of drug-likeness (QED) is 0.274. The fourth-order valence-electron chi connectivity index (χ4n) is 2.73. The third kappa shape index (κ3) is 4.00. The fraction of sp³-hybridized carbons (Fsp3) is 0.0476. The van der Waals surface area contributed by atoms with Gasteiger partial charge in [-0.2, -0.15) is 0 Å². The van der Waals surface area contributed by atoms with Crippen LogP contribution in [0.2, 0.25) is 5.02 Å². The van der Waals surface area contributed by atoms with Crippen molar-refractivity contribution in [1.82, 2.24) is 9.55 Å². The summed E-state index contributed by atoms with van der Waals surface area (Å²) in [7, 11) is 0. The summed E-state index contributed by atoms with van der Waals surface area (Å²) in [4.78, 5) is 17.1. The first kappa shape index (κ1) is 18.0. The van der Waals surface area contributed by atoms with E-state index in [1.54, 1.807) is 22.4 Å². The second kappa shape index (κ2) is 8.13. The molecular formula is C21H15ClN2OS2. The molecule has 4 rings (SSSR count). The van der Waals surface area contributed by atoms with Gasteiger partial charge in [-0.1, -0.05) is 41.9 Å². The van der Waals surface area contributed by atoms with Crippen molar-refractivity contribution in [2.45, 2.75) is 10.6 Å². The Bertz CT molecular complexity index is 1070. The van der Waals surface area contributed by atoms with E-state index < -0.39 is 0 Å². The average molecular weight is 411 g/mol. The first-order valence-corrected chi connectivity index (χ1v) is 10.5. The molecular weight excluding hydrogens is 396 g/mol. The Morgan fingerprint density at radius 2 is 1.96 bits per heavy atom. The summed E-state index contributed by atoms with van der Waals surface area (Å²) in [6.45, 7) is 0. The second-order valence-electron chi connectivity index (χ2n) is 5.85. The summed E-state index contributed by atoms with van der Waals surface area (Å²) in [5.74, 6) is 0.874. The largest absolute Gasteiger partial charge is 0.296 e. The SMILES string of the molecule is O=Cc1cccn1-c1nc(-c2cc(Cl)ccc2SCc2ccccc2)cs1. The number of rotatable bonds is 6. The van der Waals surface area contributed by atoms with Crippen molar-refractivity contribution in [3.8, 4) is 16.4 Å². The van der Waals surface area contributed by atoms with E-state index in [9.17, 15) is 4.79 Å². The van der Waals surface area contributed by atoms with Gasteiger partial charge in [0.25, 0.3) is 0 Å². The minimum Gasteiger partial charge on any atom is -0.296 e. The molecule has 134 valence electrons. The van der Waals surface area contributed by atoms with E-state index in [0.717, 1.165) is 33.3 Å². The van der Waals surface area contributed by atoms with Crippen LogP contribution >= 0.6 is 34.7 Å². The minimum absolute atomic E-state index is 0.584. The van der Waals surface area contributed by atoms with Crippen LogP contribution in [0.15, 0.2) is 77.1 Å². The predicted octanol–water partition coefficient (Wildman–Crippen LogP) is 6.36. The van der Waals surface area contributed by atoms with E-state index >= 15 is 0 Å². The van der Waals surface area contributed by atoms with E-state index in [-0.39, 0.29) is 0 Å². The predicted molar refractivity (Wildman–Crippen MR) is 113 cm³/mol. The van der Waals surface area contributed by atoms with Gasteiger partial charge in [-0.05, 0) is 35.9 Å². The van der Waals surface area contributed by atoms with Gasteiger partial charge < -0.3 is 0 Å². The number of carbonyl (C=O) groups is 1. The first-order chi connectivity index (χ1) is 13.2. The monoisotopic (exact) mass is 410 g/mol. The molecule has 0 atom stereocenters. The standard InChI is InChI=1S/C21H15ClN2OS2/c22-16-8-9-20(26-13-15-5-2-1-3-6-15)18(11-16)19-14-27-21(23-19)24-10-4-7-17(24)12-25/h1-12,14H,13H2. The molecule has 0 aliphatic heterocycles. The molecule has 2 aromatic carbocycles. The lowest BCUT2D eigenvalue weighted by Crippen LogP contribution is -1.96. The van der Waals surface area contributed by atoms with Crippen molar-refractivity contribution in [1.29, 1.82) is 0 Å². The number of benzene rings is 2. The molecule has 0 N–H and O–H groups in total. The second-order valence-corrected chi connectivity index (χ2v) is 8.14. The molecule has 4 aromatic rings. The number of aromatic nitrogens is 2. The highest BCUT2D eigenvalue weighted by Crippen LogP contribution is 2.36. The zero-order valence-electron chi connectivity index (χ0n) is 14.2. The van der Waals surface area contributed by atoms with Crippen molar-refractivity contribution in [2.24, 2.45) is 0 Å². The maximum Gasteiger partial charge on any atom is 0.194 e. The van der Waals surface area contributed by atoms with Crippen molar-refractivity contribution in [3.05, 3.63) is 88.5 Å². The normalized spacial score (nSPS) is 10.9. The summed E-state index contributed by atoms with van der Waals surface area (Å²) in [6.07, 6.45) is 2.68. The van der Waals surface area contributed by atoms with E-state index in [4.69, 9.17) is 16.6 Å². The summed E-state index contributed by atoms with van der Waals surface area (Å²) >= 11 is 9.52. The Morgan fingerprint density at radius 3 is 2.78 bits per heavy atom. The minimum atomic E-state index is 0.584. The molecule has 0 saturated carbocycles. The van der Waals surface area contributed by atoms with Crippen molar-refractivity contribution >= 4 is 41.0 Å². The lowest BCUT2D eigenvalue weighted by Gasteiger charge is -2.08. The Kier molecular flexibility index (Phi) is 5.43. The molecule has 6 heteroatoms. The first-order valence-electron chi connectivity index (χ1n) is 8.29. The highest BCUT2D eigenvalue weighted by Gasteiger charge is 2.13. The maximum absolute atomic E-state index is 11.2. The Hall–Kier alpha value is -2.34. The molecule has 0 aliphatic carbocycles. The van der Waals surface area contributed by atoms with Gasteiger partial charge >= 0.3 is 0 Å². The van der Waals surface area contributed by atoms with Gasteiger partial charge in [0.1, 0.15) is 0 Å². The Morgan fingerprint density at radius 1 is 1.11 bits per heavy atom. The Balaban J connectivity index is 1.65. The van der Waals surface area contributed by atoms with Crippen LogP contribution < -0.4 is 0 Å². The summed E-state index contributed by atoms with van der Waals surface area (Å²) in [6, 6.07) is 19.9. The van der Waals surface area contributed by atoms with Gasteiger partial charge in [-0.25, -0.2) is 4.98 Å². The van der Waals surface area contributed by atoms with Crippen molar-refractivity contribution in [2.75, 3.05) is 0 Å². The van der Waals surface area contributed by atoms with Gasteiger partial charge in [0.05, 0.1) is 11.4 Å². The number of hydrogen-bond donors (Lipinski definition) is 0. The third-order valence-electron chi connectivity index (χ3n) is 4.05. The topological polar surface area (TPSA) is 34.9 Å². The van der Waals surface area contributed by atoms with Gasteiger partial charge in [0, 0.05) is 32.8 Å². The van der Waals surface area contributed by atoms with Gasteiger partial charge in [0.2, 0.25) is 0 Å². The molecule has 3 nitrogen and oxygen atoms in total. The summed E-state index contributed by atoms with van der Waals surface area (Å²) < 4.78 is 1.79. The van der Waals surface area contributed by atoms with Crippen LogP contribution in [0.1, 0.15) is 16.1 Å². The van der Waals surface area contributed by atoms with Crippen LogP contribution in [-0.2, 0) is 5.75 Å². The highest BCUT2D eigenvalue weighted by atomic mass is 35.5. The van der Waals surface area contributed by atoms with Crippen LogP contribution in [0.5, 0.6) is 0 Å². The van der Waals surface area contributed by atoms with Crippen molar-refractivity contribution in [3.63, 3.8) is 0 Å². The molecule has 0 aliphatic rings. The van der Waals surface area contributed by atoms with Crippen LogP contribution in [0.4, 0.5) is 0 Å². The molecule has 0 fully saturated rings. The molecule has 0 unspecified atom stereocenters. The smallest absolute Gasteiger partial charge is 0.194 e. The number of halogens is 1. The fourth-order valence-corrected chi connectivity index (χ4v) is 4.72. The maximum atomic E-state index is 11.2. The summed E-state index contributed by atoms with van der Waals surface area (Å²) in [5.41, 5.74) is 3.72. The third-order valence-corrected chi connectivity index (χ3v) is 6.27. The summed E-state index contributed by atoms with van der Waals surface area (Å²) in [5, 5.41) is 3.44. The molecule has 2 heterocycles. The van der Waals surface area contributed by atoms with Gasteiger partial charge in [-0.15, -0.1) is 23.1 Å². The zero-order valence-corrected chi connectivity index (χ0v) is 16.6. The number of thioether (sulfide) groups is 1. The number of aldehydes is 1. The van der Waals surface area contributed by atoms with Gasteiger partial charge in [0.15, 0.2) is 11.4 Å². The number of nitrogens with zero attached hydrogens (tertiary/aromatic N) is 2. The Labute approximate surface area is 170 Å². The number of thiazole rings is 1. The van der Waals surface area contributed by atoms with E-state index in [2.05, 4.69) is 12.1 Å². The molecule has 0 radical (unpaired) electrons. The van der Waals surface area contributed by atoms with Crippen molar-refractivity contribution < 1.29 is 4.79 Å². The lowest BCUT2D eigenvalue weighted by atomic mass is 10.2. The van der Waals surface area contributed by atoms with E-state index in [1.807, 2.05) is 54.0 Å².